The third-order valence-electron chi connectivity index (χ3n) is 2.91. The Labute approximate surface area is 113 Å². The van der Waals surface area contributed by atoms with Crippen molar-refractivity contribution < 1.29 is 13.2 Å². The number of rotatable bonds is 4. The fraction of sp³-hybridized carbons (Fsp3) is 0.308. The van der Waals surface area contributed by atoms with Crippen LogP contribution >= 0.6 is 0 Å². The summed E-state index contributed by atoms with van der Waals surface area (Å²) >= 11 is 0. The Morgan fingerprint density at radius 2 is 1.90 bits per heavy atom. The summed E-state index contributed by atoms with van der Waals surface area (Å²) in [6, 6.07) is 8.18. The Kier molecular flexibility index (Phi) is 3.99. The van der Waals surface area contributed by atoms with Gasteiger partial charge in [0, 0.05) is 0 Å². The summed E-state index contributed by atoms with van der Waals surface area (Å²) in [5.41, 5.74) is -1.53. The van der Waals surface area contributed by atoms with E-state index in [-0.39, 0.29) is 12.0 Å². The summed E-state index contributed by atoms with van der Waals surface area (Å²) in [4.78, 5) is 12.1. The lowest BCUT2D eigenvalue weighted by atomic mass is 10.1. The van der Waals surface area contributed by atoms with E-state index in [0.717, 1.165) is 4.68 Å². The Balaban J connectivity index is 2.56. The van der Waals surface area contributed by atoms with Crippen LogP contribution in [0.1, 0.15) is 11.3 Å². The van der Waals surface area contributed by atoms with Gasteiger partial charge in [0.15, 0.2) is 0 Å². The van der Waals surface area contributed by atoms with Crippen molar-refractivity contribution in [2.75, 3.05) is 13.6 Å². The zero-order valence-corrected chi connectivity index (χ0v) is 10.8. The van der Waals surface area contributed by atoms with E-state index in [1.165, 1.54) is 0 Å². The number of hydrogen-bond donors (Lipinski definition) is 2. The fourth-order valence-corrected chi connectivity index (χ4v) is 1.95. The van der Waals surface area contributed by atoms with E-state index >= 15 is 0 Å². The summed E-state index contributed by atoms with van der Waals surface area (Å²) < 4.78 is 39.9. The van der Waals surface area contributed by atoms with Crippen LogP contribution in [-0.2, 0) is 12.6 Å². The molecular formula is C13H14F3N3O. The van der Waals surface area contributed by atoms with Gasteiger partial charge in [-0.05, 0) is 32.1 Å². The van der Waals surface area contributed by atoms with Gasteiger partial charge >= 0.3 is 6.18 Å². The molecule has 2 rings (SSSR count). The number of hydrogen-bond acceptors (Lipinski definition) is 2. The zero-order chi connectivity index (χ0) is 14.8. The van der Waals surface area contributed by atoms with Crippen LogP contribution in [0.3, 0.4) is 0 Å². The SMILES string of the molecule is CNCCc1c(C(F)(F)F)[nH]n(-c2ccccc2)c1=O. The van der Waals surface area contributed by atoms with Crippen molar-refractivity contribution in [1.82, 2.24) is 15.1 Å². The van der Waals surface area contributed by atoms with Gasteiger partial charge in [-0.1, -0.05) is 18.2 Å². The highest BCUT2D eigenvalue weighted by molar-refractivity contribution is 5.33. The van der Waals surface area contributed by atoms with Crippen LogP contribution in [0.25, 0.3) is 5.69 Å². The molecule has 0 aliphatic rings. The number of aromatic amines is 1. The maximum atomic E-state index is 13.0. The first kappa shape index (κ1) is 14.4. The molecule has 2 N–H and O–H groups in total. The van der Waals surface area contributed by atoms with Crippen molar-refractivity contribution in [1.29, 1.82) is 0 Å². The molecular weight excluding hydrogens is 271 g/mol. The van der Waals surface area contributed by atoms with E-state index in [1.807, 2.05) is 0 Å². The molecule has 7 heteroatoms. The second-order valence-corrected chi connectivity index (χ2v) is 4.29. The van der Waals surface area contributed by atoms with Gasteiger partial charge in [-0.15, -0.1) is 0 Å². The van der Waals surface area contributed by atoms with Gasteiger partial charge in [0.05, 0.1) is 11.3 Å². The topological polar surface area (TPSA) is 49.8 Å². The molecule has 0 spiro atoms. The number of aromatic nitrogens is 2. The first-order valence-electron chi connectivity index (χ1n) is 6.06. The van der Waals surface area contributed by atoms with E-state index in [4.69, 9.17) is 0 Å². The van der Waals surface area contributed by atoms with Gasteiger partial charge in [0.2, 0.25) is 0 Å². The number of halogens is 3. The molecule has 0 fully saturated rings. The van der Waals surface area contributed by atoms with Crippen LogP contribution in [0.15, 0.2) is 35.1 Å². The Bertz CT molecular complexity index is 629. The maximum Gasteiger partial charge on any atom is 0.433 e. The first-order valence-corrected chi connectivity index (χ1v) is 6.06. The highest BCUT2D eigenvalue weighted by atomic mass is 19.4. The molecule has 0 radical (unpaired) electrons. The van der Waals surface area contributed by atoms with Crippen LogP contribution in [-0.4, -0.2) is 23.4 Å². The van der Waals surface area contributed by atoms with Crippen molar-refractivity contribution in [2.45, 2.75) is 12.6 Å². The lowest BCUT2D eigenvalue weighted by Gasteiger charge is -2.06. The number of nitrogens with zero attached hydrogens (tertiary/aromatic N) is 1. The first-order chi connectivity index (χ1) is 9.45. The number of H-pyrrole nitrogens is 1. The molecule has 1 aromatic heterocycles. The summed E-state index contributed by atoms with van der Waals surface area (Å²) in [6.07, 6.45) is -4.57. The second kappa shape index (κ2) is 5.54. The molecule has 0 unspecified atom stereocenters. The molecule has 0 saturated heterocycles. The molecule has 108 valence electrons. The van der Waals surface area contributed by atoms with Crippen molar-refractivity contribution in [3.8, 4) is 5.69 Å². The highest BCUT2D eigenvalue weighted by Gasteiger charge is 2.37. The average Bonchev–Trinajstić information content (AvgIpc) is 2.74. The van der Waals surface area contributed by atoms with Gasteiger partial charge in [-0.25, -0.2) is 4.68 Å². The maximum absolute atomic E-state index is 13.0. The lowest BCUT2D eigenvalue weighted by molar-refractivity contribution is -0.141. The van der Waals surface area contributed by atoms with Gasteiger partial charge in [0.1, 0.15) is 5.69 Å². The molecule has 20 heavy (non-hydrogen) atoms. The number of para-hydroxylation sites is 1. The van der Waals surface area contributed by atoms with Crippen molar-refractivity contribution in [3.05, 3.63) is 51.9 Å². The predicted octanol–water partition coefficient (Wildman–Crippen LogP) is 1.95. The van der Waals surface area contributed by atoms with E-state index in [0.29, 0.717) is 12.2 Å². The molecule has 1 heterocycles. The zero-order valence-electron chi connectivity index (χ0n) is 10.8. The highest BCUT2D eigenvalue weighted by Crippen LogP contribution is 2.29. The average molecular weight is 285 g/mol. The van der Waals surface area contributed by atoms with Crippen molar-refractivity contribution in [3.63, 3.8) is 0 Å². The van der Waals surface area contributed by atoms with Crippen LogP contribution in [0.5, 0.6) is 0 Å². The third kappa shape index (κ3) is 2.77. The summed E-state index contributed by atoms with van der Waals surface area (Å²) in [6.45, 7) is 0.297. The predicted molar refractivity (Wildman–Crippen MR) is 69.0 cm³/mol. The second-order valence-electron chi connectivity index (χ2n) is 4.29. The molecule has 4 nitrogen and oxygen atoms in total. The molecule has 2 aromatic rings. The molecule has 0 aliphatic carbocycles. The Morgan fingerprint density at radius 1 is 1.25 bits per heavy atom. The smallest absolute Gasteiger partial charge is 0.319 e. The minimum atomic E-state index is -4.58. The van der Waals surface area contributed by atoms with Crippen LogP contribution in [0.4, 0.5) is 13.2 Å². The molecule has 0 aliphatic heterocycles. The fourth-order valence-electron chi connectivity index (χ4n) is 1.95. The van der Waals surface area contributed by atoms with Gasteiger partial charge in [-0.2, -0.15) is 13.2 Å². The number of likely N-dealkylation sites (N-methyl/N-ethyl adjacent to an activating group) is 1. The Hall–Kier alpha value is -2.02. The van der Waals surface area contributed by atoms with Crippen LogP contribution in [0.2, 0.25) is 0 Å². The summed E-state index contributed by atoms with van der Waals surface area (Å²) in [5.74, 6) is 0. The van der Waals surface area contributed by atoms with Gasteiger partial charge in [-0.3, -0.25) is 9.89 Å². The number of alkyl halides is 3. The quantitative estimate of drug-likeness (QED) is 0.902. The standard InChI is InChI=1S/C13H14F3N3O/c1-17-8-7-10-11(13(14,15)16)18-19(12(10)20)9-5-3-2-4-6-9/h2-6,17-18H,7-8H2,1H3. The largest absolute Gasteiger partial charge is 0.433 e. The molecule has 0 bridgehead atoms. The minimum absolute atomic E-state index is 0.0144. The number of benzene rings is 1. The van der Waals surface area contributed by atoms with E-state index < -0.39 is 17.4 Å². The molecule has 0 saturated carbocycles. The third-order valence-corrected chi connectivity index (χ3v) is 2.91. The van der Waals surface area contributed by atoms with E-state index in [1.54, 1.807) is 37.4 Å². The lowest BCUT2D eigenvalue weighted by Crippen LogP contribution is -2.21. The minimum Gasteiger partial charge on any atom is -0.319 e. The van der Waals surface area contributed by atoms with Gasteiger partial charge in [0.25, 0.3) is 5.56 Å². The molecule has 1 aromatic carbocycles. The van der Waals surface area contributed by atoms with Crippen molar-refractivity contribution >= 4 is 0 Å². The van der Waals surface area contributed by atoms with Crippen LogP contribution in [0, 0.1) is 0 Å². The summed E-state index contributed by atoms with van der Waals surface area (Å²) in [5, 5.41) is 4.91. The Morgan fingerprint density at radius 3 is 2.45 bits per heavy atom. The summed E-state index contributed by atoms with van der Waals surface area (Å²) in [7, 11) is 1.62. The number of nitrogens with one attached hydrogen (secondary N) is 2. The van der Waals surface area contributed by atoms with Crippen molar-refractivity contribution in [2.24, 2.45) is 0 Å². The van der Waals surface area contributed by atoms with E-state index in [2.05, 4.69) is 10.4 Å². The monoisotopic (exact) mass is 285 g/mol. The van der Waals surface area contributed by atoms with Crippen LogP contribution < -0.4 is 10.9 Å². The normalized spacial score (nSPS) is 11.8. The molecule has 0 amide bonds. The molecule has 0 atom stereocenters. The van der Waals surface area contributed by atoms with E-state index in [9.17, 15) is 18.0 Å². The van der Waals surface area contributed by atoms with Gasteiger partial charge < -0.3 is 5.32 Å².